The van der Waals surface area contributed by atoms with Crippen molar-refractivity contribution in [3.8, 4) is 0 Å². The summed E-state index contributed by atoms with van der Waals surface area (Å²) in [5.41, 5.74) is 3.52. The molecule has 0 saturated heterocycles. The first-order chi connectivity index (χ1) is 17.7. The van der Waals surface area contributed by atoms with Crippen LogP contribution in [0.3, 0.4) is 0 Å². The highest BCUT2D eigenvalue weighted by molar-refractivity contribution is 8.01. The van der Waals surface area contributed by atoms with E-state index in [1.54, 1.807) is 16.4 Å². The Bertz CT molecular complexity index is 1470. The van der Waals surface area contributed by atoms with E-state index in [9.17, 15) is 20.2 Å². The molecule has 0 spiro atoms. The van der Waals surface area contributed by atoms with Gasteiger partial charge in [-0.25, -0.2) is 4.99 Å². The van der Waals surface area contributed by atoms with Crippen molar-refractivity contribution in [3.05, 3.63) is 133 Å². The minimum atomic E-state index is -0.656. The number of hydrogen-bond acceptors (Lipinski definition) is 6. The molecule has 0 aliphatic carbocycles. The molecule has 186 valence electrons. The van der Waals surface area contributed by atoms with Crippen LogP contribution >= 0.6 is 23.5 Å². The first kappa shape index (κ1) is 25.9. The number of nitro benzene ring substituents is 2. The standard InChI is InChI=1S/C27H21ClN4O4S/c1-18-3-11-22(12-4-18)29-27(20-7-9-21(28)10-8-20)30(23-13-5-19(2)6-14-23)37-26-16-15-24(31(33)34)17-25(26)32(35)36/h3-17H,1-2H3. The van der Waals surface area contributed by atoms with Gasteiger partial charge in [-0.1, -0.05) is 47.0 Å². The monoisotopic (exact) mass is 532 g/mol. The number of aryl methyl sites for hydroxylation is 2. The summed E-state index contributed by atoms with van der Waals surface area (Å²) in [7, 11) is 0. The van der Waals surface area contributed by atoms with Crippen molar-refractivity contribution in [1.29, 1.82) is 0 Å². The molecule has 0 saturated carbocycles. The van der Waals surface area contributed by atoms with E-state index in [1.807, 2.05) is 74.5 Å². The fourth-order valence-electron chi connectivity index (χ4n) is 3.40. The fraction of sp³-hybridized carbons (Fsp3) is 0.0741. The van der Waals surface area contributed by atoms with Crippen LogP contribution in [0.25, 0.3) is 0 Å². The largest absolute Gasteiger partial charge is 0.291 e. The normalized spacial score (nSPS) is 11.3. The van der Waals surface area contributed by atoms with Crippen LogP contribution in [0, 0.1) is 34.1 Å². The van der Waals surface area contributed by atoms with Gasteiger partial charge in [0.15, 0.2) is 5.84 Å². The maximum Gasteiger partial charge on any atom is 0.291 e. The summed E-state index contributed by atoms with van der Waals surface area (Å²) in [6.45, 7) is 3.94. The van der Waals surface area contributed by atoms with Crippen LogP contribution in [0.5, 0.6) is 0 Å². The number of rotatable bonds is 7. The van der Waals surface area contributed by atoms with Crippen molar-refractivity contribution < 1.29 is 9.85 Å². The molecule has 4 aromatic carbocycles. The Morgan fingerprint density at radius 1 is 0.811 bits per heavy atom. The topological polar surface area (TPSA) is 102 Å². The van der Waals surface area contributed by atoms with E-state index in [-0.39, 0.29) is 16.3 Å². The molecular weight excluding hydrogens is 512 g/mol. The lowest BCUT2D eigenvalue weighted by atomic mass is 10.1. The third-order valence-corrected chi connectivity index (χ3v) is 6.73. The van der Waals surface area contributed by atoms with Crippen LogP contribution < -0.4 is 4.31 Å². The van der Waals surface area contributed by atoms with Gasteiger partial charge in [-0.05, 0) is 68.4 Å². The van der Waals surface area contributed by atoms with E-state index in [4.69, 9.17) is 16.6 Å². The number of benzene rings is 4. The minimum absolute atomic E-state index is 0.224. The summed E-state index contributed by atoms with van der Waals surface area (Å²) < 4.78 is 1.77. The Kier molecular flexibility index (Phi) is 7.86. The van der Waals surface area contributed by atoms with E-state index in [0.29, 0.717) is 22.2 Å². The SMILES string of the molecule is Cc1ccc(N=C(c2ccc(Cl)cc2)N(Sc2ccc([N+](=O)[O-])cc2[N+](=O)[O-])c2ccc(C)cc2)cc1. The number of nitrogens with zero attached hydrogens (tertiary/aromatic N) is 4. The second-order valence-electron chi connectivity index (χ2n) is 8.17. The zero-order valence-electron chi connectivity index (χ0n) is 19.9. The average Bonchev–Trinajstić information content (AvgIpc) is 2.88. The maximum absolute atomic E-state index is 11.9. The van der Waals surface area contributed by atoms with Crippen LogP contribution in [0.15, 0.2) is 101 Å². The zero-order chi connectivity index (χ0) is 26.5. The summed E-state index contributed by atoms with van der Waals surface area (Å²) in [5, 5.41) is 23.7. The van der Waals surface area contributed by atoms with Crippen LogP contribution in [0.2, 0.25) is 5.02 Å². The van der Waals surface area contributed by atoms with E-state index >= 15 is 0 Å². The van der Waals surface area contributed by atoms with Gasteiger partial charge in [-0.3, -0.25) is 24.5 Å². The highest BCUT2D eigenvalue weighted by atomic mass is 35.5. The molecule has 0 aliphatic heterocycles. The lowest BCUT2D eigenvalue weighted by Crippen LogP contribution is -2.25. The highest BCUT2D eigenvalue weighted by Crippen LogP contribution is 2.38. The number of anilines is 1. The summed E-state index contributed by atoms with van der Waals surface area (Å²) in [6.07, 6.45) is 0. The van der Waals surface area contributed by atoms with Crippen molar-refractivity contribution in [1.82, 2.24) is 0 Å². The van der Waals surface area contributed by atoms with Gasteiger partial charge in [0, 0.05) is 28.6 Å². The lowest BCUT2D eigenvalue weighted by Gasteiger charge is -2.25. The molecule has 10 heteroatoms. The molecule has 0 aromatic heterocycles. The molecule has 8 nitrogen and oxygen atoms in total. The first-order valence-corrected chi connectivity index (χ1v) is 12.3. The quantitative estimate of drug-likeness (QED) is 0.0783. The smallest absolute Gasteiger partial charge is 0.263 e. The number of halogens is 1. The summed E-state index contributed by atoms with van der Waals surface area (Å²) in [5.74, 6) is 0.502. The van der Waals surface area contributed by atoms with Crippen LogP contribution in [-0.2, 0) is 0 Å². The predicted octanol–water partition coefficient (Wildman–Crippen LogP) is 8.07. The Hall–Kier alpha value is -4.21. The predicted molar refractivity (Wildman–Crippen MR) is 148 cm³/mol. The molecule has 0 atom stereocenters. The second kappa shape index (κ2) is 11.2. The van der Waals surface area contributed by atoms with Gasteiger partial charge in [-0.15, -0.1) is 0 Å². The molecule has 0 aliphatic rings. The molecule has 0 unspecified atom stereocenters. The highest BCUT2D eigenvalue weighted by Gasteiger charge is 2.25. The molecule has 0 N–H and O–H groups in total. The molecule has 0 heterocycles. The third kappa shape index (κ3) is 6.32. The van der Waals surface area contributed by atoms with Gasteiger partial charge < -0.3 is 0 Å². The van der Waals surface area contributed by atoms with Crippen LogP contribution in [0.1, 0.15) is 16.7 Å². The van der Waals surface area contributed by atoms with Gasteiger partial charge >= 0.3 is 0 Å². The Morgan fingerprint density at radius 3 is 1.97 bits per heavy atom. The van der Waals surface area contributed by atoms with Crippen molar-refractivity contribution in [2.75, 3.05) is 4.31 Å². The summed E-state index contributed by atoms with van der Waals surface area (Å²) in [4.78, 5) is 27.0. The zero-order valence-corrected chi connectivity index (χ0v) is 21.4. The number of non-ortho nitro benzene ring substituents is 1. The van der Waals surface area contributed by atoms with Gasteiger partial charge in [0.2, 0.25) is 0 Å². The van der Waals surface area contributed by atoms with Crippen molar-refractivity contribution in [2.45, 2.75) is 18.7 Å². The van der Waals surface area contributed by atoms with Crippen molar-refractivity contribution in [3.63, 3.8) is 0 Å². The van der Waals surface area contributed by atoms with Gasteiger partial charge in [0.05, 0.1) is 27.3 Å². The average molecular weight is 533 g/mol. The number of hydrogen-bond donors (Lipinski definition) is 0. The number of amidine groups is 1. The summed E-state index contributed by atoms with van der Waals surface area (Å²) >= 11 is 7.20. The molecule has 0 radical (unpaired) electrons. The first-order valence-electron chi connectivity index (χ1n) is 11.1. The number of aliphatic imine (C=N–C) groups is 1. The van der Waals surface area contributed by atoms with Crippen molar-refractivity contribution >= 4 is 52.1 Å². The number of nitro groups is 2. The van der Waals surface area contributed by atoms with Gasteiger partial charge in [-0.2, -0.15) is 0 Å². The Labute approximate surface area is 222 Å². The maximum atomic E-state index is 11.9. The molecule has 0 fully saturated rings. The molecule has 0 bridgehead atoms. The van der Waals surface area contributed by atoms with E-state index in [0.717, 1.165) is 34.7 Å². The molecule has 0 amide bonds. The van der Waals surface area contributed by atoms with Crippen molar-refractivity contribution in [2.24, 2.45) is 4.99 Å². The minimum Gasteiger partial charge on any atom is -0.263 e. The van der Waals surface area contributed by atoms with E-state index in [1.165, 1.54) is 12.1 Å². The van der Waals surface area contributed by atoms with E-state index < -0.39 is 9.85 Å². The van der Waals surface area contributed by atoms with Gasteiger partial charge in [0.1, 0.15) is 4.90 Å². The van der Waals surface area contributed by atoms with Gasteiger partial charge in [0.25, 0.3) is 11.4 Å². The summed E-state index contributed by atoms with van der Waals surface area (Å²) in [6, 6.07) is 26.0. The Balaban J connectivity index is 1.91. The molecular formula is C27H21ClN4O4S. The molecule has 37 heavy (non-hydrogen) atoms. The molecule has 4 rings (SSSR count). The van der Waals surface area contributed by atoms with E-state index in [2.05, 4.69) is 0 Å². The third-order valence-electron chi connectivity index (χ3n) is 5.37. The molecule has 4 aromatic rings. The second-order valence-corrected chi connectivity index (χ2v) is 9.59. The Morgan fingerprint density at radius 2 is 1.41 bits per heavy atom. The fourth-order valence-corrected chi connectivity index (χ4v) is 4.54. The lowest BCUT2D eigenvalue weighted by molar-refractivity contribution is -0.396. The van der Waals surface area contributed by atoms with Crippen LogP contribution in [-0.4, -0.2) is 15.7 Å². The van der Waals surface area contributed by atoms with Crippen LogP contribution in [0.4, 0.5) is 22.7 Å².